The van der Waals surface area contributed by atoms with Crippen LogP contribution >= 0.6 is 0 Å². The third kappa shape index (κ3) is 2.89. The van der Waals surface area contributed by atoms with Crippen LogP contribution in [0.15, 0.2) is 53.6 Å². The van der Waals surface area contributed by atoms with Crippen molar-refractivity contribution in [2.45, 2.75) is 13.0 Å². The van der Waals surface area contributed by atoms with Gasteiger partial charge in [-0.2, -0.15) is 5.01 Å². The van der Waals surface area contributed by atoms with Crippen molar-refractivity contribution in [1.29, 1.82) is 0 Å². The maximum Gasteiger partial charge on any atom is 0.296 e. The van der Waals surface area contributed by atoms with E-state index in [0.717, 1.165) is 10.6 Å². The molecule has 2 aromatic rings. The highest BCUT2D eigenvalue weighted by Crippen LogP contribution is 2.25. The smallest absolute Gasteiger partial charge is 0.296 e. The highest BCUT2D eigenvalue weighted by atomic mass is 16.6. The molecule has 0 saturated carbocycles. The lowest BCUT2D eigenvalue weighted by Crippen LogP contribution is -2.39. The van der Waals surface area contributed by atoms with E-state index < -0.39 is 16.9 Å². The van der Waals surface area contributed by atoms with Gasteiger partial charge in [0.25, 0.3) is 11.6 Å². The van der Waals surface area contributed by atoms with Gasteiger partial charge in [0, 0.05) is 12.1 Å². The van der Waals surface area contributed by atoms with E-state index in [2.05, 4.69) is 5.10 Å². The predicted molar refractivity (Wildman–Crippen MR) is 87.8 cm³/mol. The molecule has 0 fully saturated rings. The summed E-state index contributed by atoms with van der Waals surface area (Å²) in [7, 11) is 0. The standard InChI is InChI=1S/C16H14N4O4/c1-10-2-8-13(9-3-10)24-14-15(17)18-19(16(14)21)11-4-6-12(7-5-11)20(22)23/h2-9,14H,1H3,(H2,17,18). The molecule has 1 amide bonds. The zero-order valence-corrected chi connectivity index (χ0v) is 12.7. The zero-order chi connectivity index (χ0) is 17.3. The summed E-state index contributed by atoms with van der Waals surface area (Å²) in [6, 6.07) is 12.6. The number of carbonyl (C=O) groups excluding carboxylic acids is 1. The summed E-state index contributed by atoms with van der Waals surface area (Å²) in [4.78, 5) is 22.6. The number of hydrogen-bond acceptors (Lipinski definition) is 6. The number of nitro groups is 1. The van der Waals surface area contributed by atoms with Crippen LogP contribution in [0.25, 0.3) is 0 Å². The van der Waals surface area contributed by atoms with Crippen molar-refractivity contribution in [2.75, 3.05) is 5.01 Å². The minimum absolute atomic E-state index is 0.0268. The molecule has 0 spiro atoms. The van der Waals surface area contributed by atoms with Gasteiger partial charge in [-0.05, 0) is 31.2 Å². The Hall–Kier alpha value is -3.42. The summed E-state index contributed by atoms with van der Waals surface area (Å²) in [5, 5.41) is 15.8. The Kier molecular flexibility index (Phi) is 3.87. The first kappa shape index (κ1) is 15.5. The number of aryl methyl sites for hydroxylation is 1. The summed E-state index contributed by atoms with van der Waals surface area (Å²) in [5.41, 5.74) is 7.18. The van der Waals surface area contributed by atoms with Gasteiger partial charge >= 0.3 is 0 Å². The van der Waals surface area contributed by atoms with Crippen LogP contribution in [0, 0.1) is 17.0 Å². The molecule has 0 radical (unpaired) electrons. The van der Waals surface area contributed by atoms with Crippen LogP contribution in [0.5, 0.6) is 5.75 Å². The first-order chi connectivity index (χ1) is 11.5. The minimum Gasteiger partial charge on any atom is -0.472 e. The van der Waals surface area contributed by atoms with E-state index in [1.54, 1.807) is 12.1 Å². The fraction of sp³-hybridized carbons (Fsp3) is 0.125. The molecule has 0 bridgehead atoms. The van der Waals surface area contributed by atoms with E-state index in [0.29, 0.717) is 11.4 Å². The highest BCUT2D eigenvalue weighted by Gasteiger charge is 2.37. The number of amides is 1. The van der Waals surface area contributed by atoms with Crippen molar-refractivity contribution >= 4 is 23.1 Å². The van der Waals surface area contributed by atoms with Gasteiger partial charge in [0.1, 0.15) is 5.75 Å². The molecule has 24 heavy (non-hydrogen) atoms. The van der Waals surface area contributed by atoms with Gasteiger partial charge in [0.2, 0.25) is 6.10 Å². The van der Waals surface area contributed by atoms with Gasteiger partial charge in [-0.1, -0.05) is 17.7 Å². The lowest BCUT2D eigenvalue weighted by Gasteiger charge is -2.15. The maximum atomic E-state index is 12.5. The van der Waals surface area contributed by atoms with Gasteiger partial charge in [-0.3, -0.25) is 14.9 Å². The second-order valence-corrected chi connectivity index (χ2v) is 5.26. The molecule has 1 atom stereocenters. The van der Waals surface area contributed by atoms with Gasteiger partial charge in [0.15, 0.2) is 5.84 Å². The Balaban J connectivity index is 1.79. The van der Waals surface area contributed by atoms with Gasteiger partial charge in [-0.25, -0.2) is 0 Å². The molecule has 0 saturated heterocycles. The number of hydrazone groups is 1. The third-order valence-corrected chi connectivity index (χ3v) is 3.50. The van der Waals surface area contributed by atoms with E-state index in [1.165, 1.54) is 24.3 Å². The molecule has 1 aliphatic rings. The molecule has 122 valence electrons. The Morgan fingerprint density at radius 2 is 1.79 bits per heavy atom. The molecule has 2 N–H and O–H groups in total. The number of amidine groups is 1. The molecule has 8 nitrogen and oxygen atoms in total. The van der Waals surface area contributed by atoms with Crippen LogP contribution < -0.4 is 15.5 Å². The normalized spacial score (nSPS) is 16.9. The molecular weight excluding hydrogens is 312 g/mol. The lowest BCUT2D eigenvalue weighted by molar-refractivity contribution is -0.384. The highest BCUT2D eigenvalue weighted by molar-refractivity contribution is 6.17. The van der Waals surface area contributed by atoms with Crippen LogP contribution in [-0.4, -0.2) is 22.8 Å². The van der Waals surface area contributed by atoms with Crippen molar-refractivity contribution in [3.8, 4) is 5.75 Å². The van der Waals surface area contributed by atoms with Crippen LogP contribution in [-0.2, 0) is 4.79 Å². The van der Waals surface area contributed by atoms with E-state index in [-0.39, 0.29) is 11.5 Å². The number of non-ortho nitro benzene ring substituents is 1. The molecule has 1 unspecified atom stereocenters. The van der Waals surface area contributed by atoms with Crippen LogP contribution in [0.1, 0.15) is 5.56 Å². The SMILES string of the molecule is Cc1ccc(OC2C(=O)N(c3ccc([N+](=O)[O-])cc3)N=C2N)cc1. The topological polar surface area (TPSA) is 111 Å². The molecule has 8 heteroatoms. The maximum absolute atomic E-state index is 12.5. The number of ether oxygens (including phenoxy) is 1. The number of benzene rings is 2. The van der Waals surface area contributed by atoms with Crippen molar-refractivity contribution in [3.05, 3.63) is 64.2 Å². The average molecular weight is 326 g/mol. The van der Waals surface area contributed by atoms with Crippen molar-refractivity contribution in [2.24, 2.45) is 10.8 Å². The first-order valence-electron chi connectivity index (χ1n) is 7.11. The Bertz CT molecular complexity index is 815. The Labute approximate surface area is 137 Å². The summed E-state index contributed by atoms with van der Waals surface area (Å²) in [6.07, 6.45) is -1.03. The van der Waals surface area contributed by atoms with Gasteiger partial charge in [-0.15, -0.1) is 5.10 Å². The molecule has 1 aliphatic heterocycles. The van der Waals surface area contributed by atoms with E-state index >= 15 is 0 Å². The number of hydrogen-bond donors (Lipinski definition) is 1. The predicted octanol–water partition coefficient (Wildman–Crippen LogP) is 1.97. The monoisotopic (exact) mass is 326 g/mol. The number of carbonyl (C=O) groups is 1. The fourth-order valence-electron chi connectivity index (χ4n) is 2.22. The van der Waals surface area contributed by atoms with Crippen LogP contribution in [0.2, 0.25) is 0 Å². The first-order valence-corrected chi connectivity index (χ1v) is 7.11. The summed E-state index contributed by atoms with van der Waals surface area (Å²) >= 11 is 0. The van der Waals surface area contributed by atoms with Crippen molar-refractivity contribution in [3.63, 3.8) is 0 Å². The quantitative estimate of drug-likeness (QED) is 0.682. The van der Waals surface area contributed by atoms with Crippen LogP contribution in [0.4, 0.5) is 11.4 Å². The number of nitrogens with zero attached hydrogens (tertiary/aromatic N) is 3. The molecular formula is C16H14N4O4. The number of nitro benzene ring substituents is 1. The zero-order valence-electron chi connectivity index (χ0n) is 12.7. The lowest BCUT2D eigenvalue weighted by atomic mass is 10.2. The molecule has 0 aromatic heterocycles. The number of nitrogens with two attached hydrogens (primary N) is 1. The molecule has 1 heterocycles. The second kappa shape index (κ2) is 5.99. The summed E-state index contributed by atoms with van der Waals surface area (Å²) in [5.74, 6) is 0.0727. The van der Waals surface area contributed by atoms with Crippen molar-refractivity contribution in [1.82, 2.24) is 0 Å². The Morgan fingerprint density at radius 1 is 1.17 bits per heavy atom. The summed E-state index contributed by atoms with van der Waals surface area (Å²) in [6.45, 7) is 1.94. The average Bonchev–Trinajstić information content (AvgIpc) is 2.85. The minimum atomic E-state index is -1.03. The second-order valence-electron chi connectivity index (χ2n) is 5.26. The van der Waals surface area contributed by atoms with Crippen LogP contribution in [0.3, 0.4) is 0 Å². The molecule has 3 rings (SSSR count). The fourth-order valence-corrected chi connectivity index (χ4v) is 2.22. The largest absolute Gasteiger partial charge is 0.472 e. The summed E-state index contributed by atoms with van der Waals surface area (Å²) < 4.78 is 5.61. The third-order valence-electron chi connectivity index (χ3n) is 3.50. The number of rotatable bonds is 4. The number of anilines is 1. The van der Waals surface area contributed by atoms with E-state index in [1.807, 2.05) is 19.1 Å². The van der Waals surface area contributed by atoms with E-state index in [4.69, 9.17) is 10.5 Å². The van der Waals surface area contributed by atoms with E-state index in [9.17, 15) is 14.9 Å². The van der Waals surface area contributed by atoms with Gasteiger partial charge < -0.3 is 10.5 Å². The van der Waals surface area contributed by atoms with Crippen molar-refractivity contribution < 1.29 is 14.5 Å². The Morgan fingerprint density at radius 3 is 2.38 bits per heavy atom. The molecule has 0 aliphatic carbocycles. The molecule has 2 aromatic carbocycles. The van der Waals surface area contributed by atoms with Gasteiger partial charge in [0.05, 0.1) is 10.6 Å².